The summed E-state index contributed by atoms with van der Waals surface area (Å²) in [4.78, 5) is 0. The maximum Gasteiger partial charge on any atom is 0.0818 e. The molecule has 0 saturated carbocycles. The second kappa shape index (κ2) is 12.0. The van der Waals surface area contributed by atoms with Crippen molar-refractivity contribution in [3.63, 3.8) is 0 Å². The summed E-state index contributed by atoms with van der Waals surface area (Å²) in [6.45, 7) is 6.48. The van der Waals surface area contributed by atoms with E-state index in [1.54, 1.807) is 0 Å². The first-order valence-corrected chi connectivity index (χ1v) is 9.46. The second-order valence-electron chi connectivity index (χ2n) is 5.56. The molecular formula is C16H33NOS. The fourth-order valence-electron chi connectivity index (χ4n) is 2.74. The minimum absolute atomic E-state index is 0.443. The molecule has 0 spiro atoms. The molecule has 0 aliphatic carbocycles. The molecule has 1 heterocycles. The van der Waals surface area contributed by atoms with Crippen molar-refractivity contribution in [1.82, 2.24) is 5.32 Å². The normalized spacial score (nSPS) is 21.5. The number of likely N-dealkylation sites (N-methyl/N-ethyl adjacent to an activating group) is 1. The van der Waals surface area contributed by atoms with Gasteiger partial charge in [0, 0.05) is 17.5 Å². The Hall–Kier alpha value is 0.270. The highest BCUT2D eigenvalue weighted by Gasteiger charge is 2.23. The minimum atomic E-state index is 0.443. The molecule has 1 aliphatic rings. The van der Waals surface area contributed by atoms with Crippen LogP contribution in [-0.4, -0.2) is 36.8 Å². The summed E-state index contributed by atoms with van der Waals surface area (Å²) in [5.74, 6) is 2.35. The van der Waals surface area contributed by atoms with Gasteiger partial charge in [0.25, 0.3) is 0 Å². The Kier molecular flexibility index (Phi) is 11.0. The molecule has 0 aromatic rings. The van der Waals surface area contributed by atoms with Gasteiger partial charge in [-0.25, -0.2) is 0 Å². The summed E-state index contributed by atoms with van der Waals surface area (Å²) in [6, 6.07) is 0.577. The Morgan fingerprint density at radius 3 is 2.47 bits per heavy atom. The molecule has 0 radical (unpaired) electrons. The van der Waals surface area contributed by atoms with Crippen LogP contribution in [0.25, 0.3) is 0 Å². The van der Waals surface area contributed by atoms with E-state index in [0.29, 0.717) is 12.1 Å². The molecule has 2 atom stereocenters. The fraction of sp³-hybridized carbons (Fsp3) is 1.00. The summed E-state index contributed by atoms with van der Waals surface area (Å²) in [7, 11) is 0. The lowest BCUT2D eigenvalue weighted by molar-refractivity contribution is 0.0445. The molecule has 3 heteroatoms. The van der Waals surface area contributed by atoms with Gasteiger partial charge in [-0.1, -0.05) is 58.8 Å². The van der Waals surface area contributed by atoms with Gasteiger partial charge in [-0.05, 0) is 13.0 Å². The predicted octanol–water partition coefficient (Wildman–Crippen LogP) is 4.24. The number of thioether (sulfide) groups is 1. The Morgan fingerprint density at radius 1 is 1.11 bits per heavy atom. The van der Waals surface area contributed by atoms with E-state index in [1.165, 1.54) is 62.9 Å². The number of unbranched alkanes of at least 4 members (excludes halogenated alkanes) is 6. The zero-order chi connectivity index (χ0) is 13.8. The van der Waals surface area contributed by atoms with E-state index in [1.807, 2.05) is 11.8 Å². The van der Waals surface area contributed by atoms with E-state index in [-0.39, 0.29) is 0 Å². The van der Waals surface area contributed by atoms with Crippen molar-refractivity contribution >= 4 is 11.8 Å². The molecule has 0 aromatic heterocycles. The average molecular weight is 288 g/mol. The Labute approximate surface area is 124 Å². The monoisotopic (exact) mass is 287 g/mol. The largest absolute Gasteiger partial charge is 0.375 e. The lowest BCUT2D eigenvalue weighted by Gasteiger charge is -2.30. The standard InChI is InChI=1S/C16H33NOS/c1-3-5-6-7-8-9-10-11-15(17-4-2)16-14-19-13-12-18-16/h15-17H,3-14H2,1-2H3. The molecule has 2 unspecified atom stereocenters. The van der Waals surface area contributed by atoms with Gasteiger partial charge in [0.05, 0.1) is 12.7 Å². The Bertz CT molecular complexity index is 195. The van der Waals surface area contributed by atoms with Crippen molar-refractivity contribution in [2.24, 2.45) is 0 Å². The van der Waals surface area contributed by atoms with Crippen LogP contribution in [0.1, 0.15) is 65.2 Å². The highest BCUT2D eigenvalue weighted by Crippen LogP contribution is 2.19. The zero-order valence-electron chi connectivity index (χ0n) is 13.0. The van der Waals surface area contributed by atoms with E-state index < -0.39 is 0 Å². The van der Waals surface area contributed by atoms with Gasteiger partial charge in [-0.2, -0.15) is 11.8 Å². The number of hydrogen-bond acceptors (Lipinski definition) is 3. The van der Waals surface area contributed by atoms with Crippen LogP contribution in [0.5, 0.6) is 0 Å². The molecule has 0 bridgehead atoms. The fourth-order valence-corrected chi connectivity index (χ4v) is 3.68. The van der Waals surface area contributed by atoms with Crippen LogP contribution >= 0.6 is 11.8 Å². The average Bonchev–Trinajstić information content (AvgIpc) is 2.46. The van der Waals surface area contributed by atoms with Crippen LogP contribution in [0, 0.1) is 0 Å². The second-order valence-corrected chi connectivity index (χ2v) is 6.71. The lowest BCUT2D eigenvalue weighted by atomic mass is 10.0. The molecule has 1 aliphatic heterocycles. The summed E-state index contributed by atoms with van der Waals surface area (Å²) in [5, 5.41) is 3.63. The van der Waals surface area contributed by atoms with E-state index in [0.717, 1.165) is 13.2 Å². The van der Waals surface area contributed by atoms with Crippen LogP contribution in [0.4, 0.5) is 0 Å². The number of nitrogens with one attached hydrogen (secondary N) is 1. The quantitative estimate of drug-likeness (QED) is 0.574. The molecule has 19 heavy (non-hydrogen) atoms. The number of hydrogen-bond donors (Lipinski definition) is 1. The highest BCUT2D eigenvalue weighted by molar-refractivity contribution is 7.99. The summed E-state index contributed by atoms with van der Waals surface area (Å²) < 4.78 is 5.92. The van der Waals surface area contributed by atoms with Gasteiger partial charge < -0.3 is 10.1 Å². The summed E-state index contributed by atoms with van der Waals surface area (Å²) in [5.41, 5.74) is 0. The van der Waals surface area contributed by atoms with Crippen molar-refractivity contribution in [2.75, 3.05) is 24.7 Å². The van der Waals surface area contributed by atoms with Gasteiger partial charge in [0.15, 0.2) is 0 Å². The van der Waals surface area contributed by atoms with Crippen molar-refractivity contribution in [2.45, 2.75) is 77.4 Å². The third kappa shape index (κ3) is 8.21. The Morgan fingerprint density at radius 2 is 1.84 bits per heavy atom. The maximum atomic E-state index is 5.92. The SMILES string of the molecule is CCCCCCCCCC(NCC)C1CSCCO1. The molecule has 0 aromatic carbocycles. The van der Waals surface area contributed by atoms with Gasteiger partial charge in [-0.15, -0.1) is 0 Å². The van der Waals surface area contributed by atoms with Crippen molar-refractivity contribution in [3.8, 4) is 0 Å². The highest BCUT2D eigenvalue weighted by atomic mass is 32.2. The van der Waals surface area contributed by atoms with Gasteiger partial charge in [0.2, 0.25) is 0 Å². The topological polar surface area (TPSA) is 21.3 Å². The smallest absolute Gasteiger partial charge is 0.0818 e. The predicted molar refractivity (Wildman–Crippen MR) is 87.1 cm³/mol. The van der Waals surface area contributed by atoms with Crippen LogP contribution in [0.3, 0.4) is 0 Å². The molecule has 114 valence electrons. The minimum Gasteiger partial charge on any atom is -0.375 e. The number of rotatable bonds is 11. The van der Waals surface area contributed by atoms with E-state index in [4.69, 9.17) is 4.74 Å². The molecule has 1 N–H and O–H groups in total. The Balaban J connectivity index is 2.07. The third-order valence-electron chi connectivity index (χ3n) is 3.88. The first-order valence-electron chi connectivity index (χ1n) is 8.31. The molecule has 2 nitrogen and oxygen atoms in total. The van der Waals surface area contributed by atoms with Crippen LogP contribution in [-0.2, 0) is 4.74 Å². The summed E-state index contributed by atoms with van der Waals surface area (Å²) in [6.07, 6.45) is 11.5. The van der Waals surface area contributed by atoms with E-state index in [2.05, 4.69) is 19.2 Å². The first-order chi connectivity index (χ1) is 9.38. The van der Waals surface area contributed by atoms with Crippen LogP contribution in [0.2, 0.25) is 0 Å². The summed E-state index contributed by atoms with van der Waals surface area (Å²) >= 11 is 2.05. The third-order valence-corrected chi connectivity index (χ3v) is 4.90. The van der Waals surface area contributed by atoms with Crippen molar-refractivity contribution in [1.29, 1.82) is 0 Å². The molecule has 1 rings (SSSR count). The molecule has 1 fully saturated rings. The van der Waals surface area contributed by atoms with Gasteiger partial charge in [0.1, 0.15) is 0 Å². The van der Waals surface area contributed by atoms with Crippen LogP contribution < -0.4 is 5.32 Å². The first kappa shape index (κ1) is 17.3. The van der Waals surface area contributed by atoms with Crippen molar-refractivity contribution < 1.29 is 4.74 Å². The van der Waals surface area contributed by atoms with E-state index in [9.17, 15) is 0 Å². The molecule has 1 saturated heterocycles. The van der Waals surface area contributed by atoms with Crippen LogP contribution in [0.15, 0.2) is 0 Å². The zero-order valence-corrected chi connectivity index (χ0v) is 13.8. The van der Waals surface area contributed by atoms with Gasteiger partial charge >= 0.3 is 0 Å². The van der Waals surface area contributed by atoms with Gasteiger partial charge in [-0.3, -0.25) is 0 Å². The molecule has 0 amide bonds. The maximum absolute atomic E-state index is 5.92. The van der Waals surface area contributed by atoms with E-state index >= 15 is 0 Å². The number of ether oxygens (including phenoxy) is 1. The lowest BCUT2D eigenvalue weighted by Crippen LogP contribution is -2.44. The van der Waals surface area contributed by atoms with Crippen molar-refractivity contribution in [3.05, 3.63) is 0 Å². The molecular weight excluding hydrogens is 254 g/mol.